The van der Waals surface area contributed by atoms with E-state index in [0.29, 0.717) is 11.8 Å². The van der Waals surface area contributed by atoms with E-state index in [1.54, 1.807) is 6.08 Å². The van der Waals surface area contributed by atoms with Crippen molar-refractivity contribution in [1.82, 2.24) is 0 Å². The number of aryl methyl sites for hydroxylation is 2. The summed E-state index contributed by atoms with van der Waals surface area (Å²) in [4.78, 5) is 10.4. The minimum absolute atomic E-state index is 0.0237. The predicted molar refractivity (Wildman–Crippen MR) is 268 cm³/mol. The van der Waals surface area contributed by atoms with Crippen LogP contribution in [0.5, 0.6) is 0 Å². The van der Waals surface area contributed by atoms with Crippen molar-refractivity contribution in [3.8, 4) is 0 Å². The summed E-state index contributed by atoms with van der Waals surface area (Å²) in [5.41, 5.74) is 15.5. The molecule has 0 aliphatic rings. The molecule has 0 aliphatic heterocycles. The fourth-order valence-corrected chi connectivity index (χ4v) is 5.32. The summed E-state index contributed by atoms with van der Waals surface area (Å²) < 4.78 is 12.8. The Morgan fingerprint density at radius 2 is 1.24 bits per heavy atom. The highest BCUT2D eigenvalue weighted by atomic mass is 19.1. The summed E-state index contributed by atoms with van der Waals surface area (Å²) in [5.74, 6) is 0.879. The largest absolute Gasteiger partial charge is 0.322 e. The number of allylic oxidation sites excluding steroid dienone is 5. The van der Waals surface area contributed by atoms with Gasteiger partial charge >= 0.3 is 0 Å². The summed E-state index contributed by atoms with van der Waals surface area (Å²) in [7, 11) is 0. The van der Waals surface area contributed by atoms with E-state index >= 15 is 0 Å². The van der Waals surface area contributed by atoms with E-state index in [0.717, 1.165) is 47.8 Å². The van der Waals surface area contributed by atoms with Gasteiger partial charge in [0.15, 0.2) is 0 Å². The summed E-state index contributed by atoms with van der Waals surface area (Å²) in [6, 6.07) is 25.4. The minimum Gasteiger partial charge on any atom is -0.322 e. The van der Waals surface area contributed by atoms with Crippen molar-refractivity contribution < 1.29 is 9.18 Å². The minimum atomic E-state index is -0.298. The van der Waals surface area contributed by atoms with Crippen molar-refractivity contribution in [1.29, 1.82) is 0 Å². The third-order valence-electron chi connectivity index (χ3n) is 9.33. The molecule has 2 nitrogen and oxygen atoms in total. The zero-order chi connectivity index (χ0) is 46.4. The van der Waals surface area contributed by atoms with Crippen molar-refractivity contribution in [2.24, 2.45) is 17.6 Å². The van der Waals surface area contributed by atoms with E-state index < -0.39 is 0 Å². The summed E-state index contributed by atoms with van der Waals surface area (Å²) in [5, 5.41) is 0. The van der Waals surface area contributed by atoms with Crippen LogP contribution in [-0.2, 0) is 11.2 Å². The van der Waals surface area contributed by atoms with Gasteiger partial charge in [0.2, 0.25) is 0 Å². The second-order valence-corrected chi connectivity index (χ2v) is 15.4. The smallest absolute Gasteiger partial charge is 0.127 e. The highest BCUT2D eigenvalue weighted by molar-refractivity contribution is 5.65. The summed E-state index contributed by atoms with van der Waals surface area (Å²) >= 11 is 0. The van der Waals surface area contributed by atoms with Gasteiger partial charge in [0.05, 0.1) is 0 Å². The van der Waals surface area contributed by atoms with Gasteiger partial charge in [-0.2, -0.15) is 0 Å². The first-order chi connectivity index (χ1) is 27.9. The predicted octanol–water partition coefficient (Wildman–Crippen LogP) is 17.5. The Labute approximate surface area is 366 Å². The number of rotatable bonds is 16. The number of hydrogen-bond donors (Lipinski definition) is 1. The molecule has 0 heterocycles. The lowest BCUT2D eigenvalue weighted by atomic mass is 9.83. The van der Waals surface area contributed by atoms with Crippen molar-refractivity contribution in [2.45, 2.75) is 167 Å². The molecule has 332 valence electrons. The second kappa shape index (κ2) is 39.4. The fraction of sp³-hybridized carbons (Fsp3) is 0.482. The van der Waals surface area contributed by atoms with Crippen LogP contribution in [0.2, 0.25) is 0 Å². The van der Waals surface area contributed by atoms with Gasteiger partial charge in [0.25, 0.3) is 0 Å². The Morgan fingerprint density at radius 1 is 0.780 bits per heavy atom. The fourth-order valence-electron chi connectivity index (χ4n) is 5.32. The van der Waals surface area contributed by atoms with Crippen LogP contribution in [0.15, 0.2) is 134 Å². The SMILES string of the molecule is C=C(C)C(CCCc1ccccc1)CC(=C)C(C)(C)N.C=C(c1ccc(F)cc1)C(CCC)CCC.C=CC.CC.CC.CC=C(C)C.Cc1ccc(C(C)C=O)cc1. The van der Waals surface area contributed by atoms with Crippen LogP contribution in [-0.4, -0.2) is 11.8 Å². The zero-order valence-corrected chi connectivity index (χ0v) is 40.8. The molecule has 0 radical (unpaired) electrons. The average molecular weight is 812 g/mol. The Balaban J connectivity index is -0.000000346. The lowest BCUT2D eigenvalue weighted by molar-refractivity contribution is -0.108. The van der Waals surface area contributed by atoms with Crippen molar-refractivity contribution in [3.05, 3.63) is 162 Å². The summed E-state index contributed by atoms with van der Waals surface area (Å²) in [6.45, 7) is 46.4. The average Bonchev–Trinajstić information content (AvgIpc) is 3.22. The number of nitrogens with two attached hydrogens (primary N) is 1. The van der Waals surface area contributed by atoms with Crippen LogP contribution in [0.3, 0.4) is 0 Å². The zero-order valence-electron chi connectivity index (χ0n) is 40.8. The molecule has 3 heteroatoms. The third kappa shape index (κ3) is 33.4. The van der Waals surface area contributed by atoms with E-state index in [1.807, 2.05) is 106 Å². The molecule has 0 saturated carbocycles. The topological polar surface area (TPSA) is 43.1 Å². The Bertz CT molecular complexity index is 1500. The molecule has 0 bridgehead atoms. The van der Waals surface area contributed by atoms with Gasteiger partial charge in [-0.25, -0.2) is 4.39 Å². The maximum Gasteiger partial charge on any atom is 0.127 e. The van der Waals surface area contributed by atoms with Gasteiger partial charge in [-0.3, -0.25) is 0 Å². The molecule has 0 fully saturated rings. The number of hydrogen-bond acceptors (Lipinski definition) is 2. The van der Waals surface area contributed by atoms with Crippen molar-refractivity contribution in [3.63, 3.8) is 0 Å². The van der Waals surface area contributed by atoms with Crippen LogP contribution >= 0.6 is 0 Å². The molecule has 2 N–H and O–H groups in total. The van der Waals surface area contributed by atoms with Crippen LogP contribution in [0.4, 0.5) is 4.39 Å². The molecule has 0 aliphatic carbocycles. The number of carbonyl (C=O) groups excluding carboxylic acids is 1. The first-order valence-electron chi connectivity index (χ1n) is 22.2. The van der Waals surface area contributed by atoms with Crippen LogP contribution in [0.1, 0.15) is 170 Å². The first-order valence-corrected chi connectivity index (χ1v) is 22.2. The number of benzene rings is 3. The monoisotopic (exact) mass is 812 g/mol. The molecular weight excluding hydrogens is 722 g/mol. The molecule has 59 heavy (non-hydrogen) atoms. The van der Waals surface area contributed by atoms with Crippen LogP contribution in [0, 0.1) is 24.6 Å². The molecule has 0 saturated heterocycles. The van der Waals surface area contributed by atoms with Crippen molar-refractivity contribution >= 4 is 11.9 Å². The normalized spacial score (nSPS) is 10.7. The van der Waals surface area contributed by atoms with E-state index in [9.17, 15) is 9.18 Å². The molecule has 0 amide bonds. The van der Waals surface area contributed by atoms with Crippen molar-refractivity contribution in [2.75, 3.05) is 0 Å². The van der Waals surface area contributed by atoms with Crippen LogP contribution in [0.25, 0.3) is 5.57 Å². The first kappa shape index (κ1) is 61.6. The van der Waals surface area contributed by atoms with Gasteiger partial charge in [0, 0.05) is 11.5 Å². The Hall–Kier alpha value is -4.08. The van der Waals surface area contributed by atoms with Gasteiger partial charge in [-0.05, 0) is 140 Å². The lowest BCUT2D eigenvalue weighted by Crippen LogP contribution is -2.34. The lowest BCUT2D eigenvalue weighted by Gasteiger charge is -2.26. The Morgan fingerprint density at radius 3 is 1.61 bits per heavy atom. The van der Waals surface area contributed by atoms with Gasteiger partial charge in [-0.1, -0.05) is 182 Å². The molecule has 3 aromatic rings. The van der Waals surface area contributed by atoms with Gasteiger partial charge in [-0.15, -0.1) is 6.58 Å². The third-order valence-corrected chi connectivity index (χ3v) is 9.33. The molecule has 0 spiro atoms. The summed E-state index contributed by atoms with van der Waals surface area (Å²) in [6.07, 6.45) is 13.9. The number of halogens is 1. The standard InChI is InChI=1S/C19H29N.C15H21F.C10H12O.C5H10.C3H6.2C2H6/c1-15(2)18(14-16(3)19(4,5)20)13-9-12-17-10-7-6-8-11-17;1-4-6-13(7-5-2)12(3)14-8-10-15(16)11-9-14;1-8-3-5-10(6-4-8)9(2)7-11;1-4-5(2)3;1-3-2;2*1-2/h6-8,10-11,18H,1,3,9,12-14,20H2,2,4-5H3;8-11,13H,3-7H2,1-2H3;3-7,9H,1-2H3;4H,1-3H3;3H,1H2,2H3;2*1-2H3. The quantitative estimate of drug-likeness (QED) is 0.116. The van der Waals surface area contributed by atoms with Gasteiger partial charge in [0.1, 0.15) is 12.1 Å². The molecule has 2 atom stereocenters. The maximum atomic E-state index is 12.8. The molecule has 3 rings (SSSR count). The Kier molecular flexibility index (Phi) is 41.1. The van der Waals surface area contributed by atoms with E-state index in [4.69, 9.17) is 5.73 Å². The molecule has 0 aromatic heterocycles. The molecule has 2 unspecified atom stereocenters. The van der Waals surface area contributed by atoms with E-state index in [1.165, 1.54) is 66.5 Å². The molecule has 3 aromatic carbocycles. The maximum absolute atomic E-state index is 12.8. The van der Waals surface area contributed by atoms with Crippen LogP contribution < -0.4 is 5.73 Å². The van der Waals surface area contributed by atoms with E-state index in [2.05, 4.69) is 97.3 Å². The van der Waals surface area contributed by atoms with Gasteiger partial charge < -0.3 is 10.5 Å². The highest BCUT2D eigenvalue weighted by Gasteiger charge is 2.20. The number of aldehydes is 1. The second-order valence-electron chi connectivity index (χ2n) is 15.4. The van der Waals surface area contributed by atoms with E-state index in [-0.39, 0.29) is 17.3 Å². The number of carbonyl (C=O) groups is 1. The molecular formula is C56H90FNO. The highest BCUT2D eigenvalue weighted by Crippen LogP contribution is 2.30.